The van der Waals surface area contributed by atoms with E-state index in [-0.39, 0.29) is 11.9 Å². The third-order valence-electron chi connectivity index (χ3n) is 4.65. The molecule has 1 aromatic heterocycles. The summed E-state index contributed by atoms with van der Waals surface area (Å²) in [4.78, 5) is 30.0. The van der Waals surface area contributed by atoms with Gasteiger partial charge in [0.2, 0.25) is 5.91 Å². The molecule has 0 fully saturated rings. The van der Waals surface area contributed by atoms with Crippen LogP contribution in [-0.2, 0) is 17.9 Å². The van der Waals surface area contributed by atoms with E-state index in [0.717, 1.165) is 28.2 Å². The van der Waals surface area contributed by atoms with Gasteiger partial charge in [-0.25, -0.2) is 9.80 Å². The van der Waals surface area contributed by atoms with Crippen molar-refractivity contribution in [1.29, 1.82) is 0 Å². The molecule has 2 aromatic rings. The summed E-state index contributed by atoms with van der Waals surface area (Å²) in [7, 11) is 1.67. The molecule has 7 nitrogen and oxygen atoms in total. The Morgan fingerprint density at radius 1 is 1.12 bits per heavy atom. The summed E-state index contributed by atoms with van der Waals surface area (Å²) in [6.45, 7) is 1.10. The molecule has 0 radical (unpaired) electrons. The maximum absolute atomic E-state index is 12.5. The molecule has 7 heteroatoms. The molecular weight excluding hydrogens is 330 g/mol. The van der Waals surface area contributed by atoms with E-state index in [1.54, 1.807) is 18.1 Å². The average Bonchev–Trinajstić information content (AvgIpc) is 3.09. The Balaban J connectivity index is 1.41. The Hall–Kier alpha value is -3.22. The lowest BCUT2D eigenvalue weighted by molar-refractivity contribution is -0.130. The minimum Gasteiger partial charge on any atom is -0.314 e. The number of rotatable bonds is 2. The van der Waals surface area contributed by atoms with Crippen molar-refractivity contribution in [2.24, 2.45) is 5.10 Å². The number of nitrogens with one attached hydrogen (secondary N) is 1. The van der Waals surface area contributed by atoms with Crippen LogP contribution in [0.5, 0.6) is 0 Å². The molecule has 4 rings (SSSR count). The highest BCUT2D eigenvalue weighted by molar-refractivity contribution is 6.04. The molecule has 0 saturated heterocycles. The minimum absolute atomic E-state index is 0.0266. The monoisotopic (exact) mass is 349 g/mol. The molecule has 3 heterocycles. The molecule has 0 aliphatic carbocycles. The fourth-order valence-corrected chi connectivity index (χ4v) is 3.17. The fourth-order valence-electron chi connectivity index (χ4n) is 3.17. The van der Waals surface area contributed by atoms with E-state index in [1.807, 2.05) is 36.4 Å². The number of aromatic nitrogens is 1. The number of nitrogens with zero attached hydrogens (tertiary/aromatic N) is 4. The van der Waals surface area contributed by atoms with Gasteiger partial charge in [-0.1, -0.05) is 18.2 Å². The van der Waals surface area contributed by atoms with Crippen molar-refractivity contribution in [1.82, 2.24) is 14.9 Å². The van der Waals surface area contributed by atoms with Crippen LogP contribution in [0.15, 0.2) is 47.7 Å². The molecule has 0 spiro atoms. The number of benzene rings is 1. The van der Waals surface area contributed by atoms with Crippen LogP contribution in [0.3, 0.4) is 0 Å². The largest absolute Gasteiger partial charge is 0.322 e. The van der Waals surface area contributed by atoms with Crippen molar-refractivity contribution in [3.63, 3.8) is 0 Å². The van der Waals surface area contributed by atoms with Crippen LogP contribution in [0, 0.1) is 0 Å². The van der Waals surface area contributed by atoms with Gasteiger partial charge in [0.05, 0.1) is 18.0 Å². The second kappa shape index (κ2) is 6.59. The second-order valence-electron chi connectivity index (χ2n) is 6.44. The van der Waals surface area contributed by atoms with Crippen LogP contribution in [-0.4, -0.2) is 39.6 Å². The van der Waals surface area contributed by atoms with Gasteiger partial charge in [-0.05, 0) is 29.3 Å². The minimum atomic E-state index is -0.143. The number of pyridine rings is 1. The highest BCUT2D eigenvalue weighted by Crippen LogP contribution is 2.22. The van der Waals surface area contributed by atoms with E-state index >= 15 is 0 Å². The Morgan fingerprint density at radius 2 is 1.92 bits per heavy atom. The zero-order valence-corrected chi connectivity index (χ0v) is 14.5. The van der Waals surface area contributed by atoms with Gasteiger partial charge in [-0.3, -0.25) is 9.78 Å². The first-order valence-electron chi connectivity index (χ1n) is 8.53. The first kappa shape index (κ1) is 16.3. The highest BCUT2D eigenvalue weighted by Gasteiger charge is 2.24. The Morgan fingerprint density at radius 3 is 2.65 bits per heavy atom. The summed E-state index contributed by atoms with van der Waals surface area (Å²) in [5.74, 6) is 0.0266. The number of hydrazone groups is 1. The maximum atomic E-state index is 12.5. The lowest BCUT2D eigenvalue weighted by Crippen LogP contribution is -2.30. The zero-order chi connectivity index (χ0) is 18.1. The molecule has 3 amide bonds. The number of amides is 3. The van der Waals surface area contributed by atoms with Gasteiger partial charge in [0, 0.05) is 38.3 Å². The maximum Gasteiger partial charge on any atom is 0.322 e. The van der Waals surface area contributed by atoms with E-state index in [1.165, 1.54) is 5.01 Å². The van der Waals surface area contributed by atoms with E-state index in [4.69, 9.17) is 0 Å². The number of fused-ring (bicyclic) bond motifs is 1. The van der Waals surface area contributed by atoms with Crippen LogP contribution < -0.4 is 5.32 Å². The lowest BCUT2D eigenvalue weighted by Gasteiger charge is -2.20. The SMILES string of the molecule is CN1N=C(c2ccc(NC(=O)N3Cc4cccnc4C3)cc2)CCC1=O. The van der Waals surface area contributed by atoms with Crippen molar-refractivity contribution in [2.45, 2.75) is 25.9 Å². The van der Waals surface area contributed by atoms with Gasteiger partial charge in [0.25, 0.3) is 0 Å². The van der Waals surface area contributed by atoms with Gasteiger partial charge < -0.3 is 10.2 Å². The smallest absolute Gasteiger partial charge is 0.314 e. The van der Waals surface area contributed by atoms with Crippen LogP contribution in [0.2, 0.25) is 0 Å². The summed E-state index contributed by atoms with van der Waals surface area (Å²) in [6, 6.07) is 11.3. The number of anilines is 1. The summed E-state index contributed by atoms with van der Waals surface area (Å²) < 4.78 is 0. The molecule has 0 atom stereocenters. The first-order chi connectivity index (χ1) is 12.6. The van der Waals surface area contributed by atoms with E-state index in [0.29, 0.717) is 25.9 Å². The molecule has 2 aliphatic heterocycles. The quantitative estimate of drug-likeness (QED) is 0.905. The van der Waals surface area contributed by atoms with Gasteiger partial charge >= 0.3 is 6.03 Å². The third-order valence-corrected chi connectivity index (χ3v) is 4.65. The average molecular weight is 349 g/mol. The van der Waals surface area contributed by atoms with Gasteiger partial charge in [0.15, 0.2) is 0 Å². The first-order valence-corrected chi connectivity index (χ1v) is 8.53. The van der Waals surface area contributed by atoms with Crippen molar-refractivity contribution in [2.75, 3.05) is 12.4 Å². The van der Waals surface area contributed by atoms with Crippen molar-refractivity contribution in [3.05, 3.63) is 59.4 Å². The molecule has 26 heavy (non-hydrogen) atoms. The number of urea groups is 1. The number of hydrogen-bond donors (Lipinski definition) is 1. The molecule has 0 saturated carbocycles. The molecule has 1 N–H and O–H groups in total. The van der Waals surface area contributed by atoms with E-state index < -0.39 is 0 Å². The molecule has 2 aliphatic rings. The van der Waals surface area contributed by atoms with Gasteiger partial charge in [0.1, 0.15) is 0 Å². The fraction of sp³-hybridized carbons (Fsp3) is 0.263. The standard InChI is InChI=1S/C19H19N5O2/c1-23-18(25)9-8-16(22-23)13-4-6-15(7-5-13)21-19(26)24-11-14-3-2-10-20-17(14)12-24/h2-7,10H,8-9,11-12H2,1H3,(H,21,26). The molecule has 132 valence electrons. The van der Waals surface area contributed by atoms with Crippen molar-refractivity contribution < 1.29 is 9.59 Å². The highest BCUT2D eigenvalue weighted by atomic mass is 16.2. The van der Waals surface area contributed by atoms with Gasteiger partial charge in [-0.15, -0.1) is 0 Å². The predicted molar refractivity (Wildman–Crippen MR) is 97.5 cm³/mol. The summed E-state index contributed by atoms with van der Waals surface area (Å²) in [5, 5.41) is 8.61. The summed E-state index contributed by atoms with van der Waals surface area (Å²) in [5.41, 5.74) is 4.61. The lowest BCUT2D eigenvalue weighted by atomic mass is 10.0. The van der Waals surface area contributed by atoms with Crippen LogP contribution in [0.25, 0.3) is 0 Å². The van der Waals surface area contributed by atoms with Crippen LogP contribution >= 0.6 is 0 Å². The summed E-state index contributed by atoms with van der Waals surface area (Å²) >= 11 is 0. The Labute approximate surface area is 151 Å². The number of carbonyl (C=O) groups excluding carboxylic acids is 2. The topological polar surface area (TPSA) is 77.9 Å². The van der Waals surface area contributed by atoms with E-state index in [9.17, 15) is 9.59 Å². The van der Waals surface area contributed by atoms with Crippen molar-refractivity contribution in [3.8, 4) is 0 Å². The van der Waals surface area contributed by atoms with Crippen molar-refractivity contribution >= 4 is 23.3 Å². The predicted octanol–water partition coefficient (Wildman–Crippen LogP) is 2.59. The molecular formula is C19H19N5O2. The number of hydrogen-bond acceptors (Lipinski definition) is 4. The Bertz CT molecular complexity index is 866. The zero-order valence-electron chi connectivity index (χ0n) is 14.5. The second-order valence-corrected chi connectivity index (χ2v) is 6.44. The normalized spacial score (nSPS) is 16.3. The molecule has 0 bridgehead atoms. The van der Waals surface area contributed by atoms with Gasteiger partial charge in [-0.2, -0.15) is 5.10 Å². The molecule has 1 aromatic carbocycles. The van der Waals surface area contributed by atoms with E-state index in [2.05, 4.69) is 15.4 Å². The molecule has 0 unspecified atom stereocenters. The number of carbonyl (C=O) groups is 2. The third kappa shape index (κ3) is 3.15. The summed E-state index contributed by atoms with van der Waals surface area (Å²) in [6.07, 6.45) is 2.85. The van der Waals surface area contributed by atoms with Crippen LogP contribution in [0.4, 0.5) is 10.5 Å². The van der Waals surface area contributed by atoms with Crippen LogP contribution in [0.1, 0.15) is 29.7 Å². The Kier molecular flexibility index (Phi) is 4.12.